The Balaban J connectivity index is 1.69. The Bertz CT molecular complexity index is 833. The first-order chi connectivity index (χ1) is 15.3. The molecular weight excluding hydrogens is 410 g/mol. The molecule has 1 aromatic rings. The number of likely N-dealkylation sites (tertiary alicyclic amines) is 1. The van der Waals surface area contributed by atoms with E-state index in [9.17, 15) is 14.4 Å². The molecule has 0 aliphatic carbocycles. The van der Waals surface area contributed by atoms with E-state index < -0.39 is 6.04 Å². The molecule has 2 heterocycles. The first-order valence-electron chi connectivity index (χ1n) is 11.6. The number of hydrogen-bond acceptors (Lipinski definition) is 5. The highest BCUT2D eigenvalue weighted by Gasteiger charge is 2.34. The number of hydrogen-bond donors (Lipinski definition) is 2. The molecule has 8 heteroatoms. The van der Waals surface area contributed by atoms with Gasteiger partial charge in [-0.05, 0) is 56.2 Å². The quantitative estimate of drug-likeness (QED) is 0.641. The average molecular weight is 446 g/mol. The number of rotatable bonds is 8. The molecule has 1 fully saturated rings. The van der Waals surface area contributed by atoms with Gasteiger partial charge in [0.25, 0.3) is 5.91 Å². The van der Waals surface area contributed by atoms with Gasteiger partial charge in [0, 0.05) is 31.1 Å². The average Bonchev–Trinajstić information content (AvgIpc) is 3.24. The van der Waals surface area contributed by atoms with Gasteiger partial charge in [-0.15, -0.1) is 0 Å². The van der Waals surface area contributed by atoms with Gasteiger partial charge in [0.2, 0.25) is 18.6 Å². The molecule has 32 heavy (non-hydrogen) atoms. The maximum Gasteiger partial charge on any atom is 0.252 e. The van der Waals surface area contributed by atoms with Gasteiger partial charge < -0.3 is 25.0 Å². The molecular formula is C24H35N3O5. The fourth-order valence-electron chi connectivity index (χ4n) is 4.06. The summed E-state index contributed by atoms with van der Waals surface area (Å²) in [6.07, 6.45) is 2.67. The standard InChI is InChI=1S/C24H35N3O5/c1-5-16(4)25-24(30)22(17-8-10-27(11-9-17)21(28)12-15(2)3)26-23(29)18-6-7-19-20(13-18)32-14-31-19/h6-7,13,15-17,22H,5,8-12,14H2,1-4H3,(H,25,30)(H,26,29). The van der Waals surface area contributed by atoms with Crippen LogP contribution in [0.1, 0.15) is 63.7 Å². The lowest BCUT2D eigenvalue weighted by molar-refractivity contribution is -0.133. The third-order valence-electron chi connectivity index (χ3n) is 6.15. The zero-order valence-corrected chi connectivity index (χ0v) is 19.5. The second kappa shape index (κ2) is 10.7. The van der Waals surface area contributed by atoms with Crippen LogP contribution in [0.5, 0.6) is 11.5 Å². The number of amides is 3. The SMILES string of the molecule is CCC(C)NC(=O)C(NC(=O)c1ccc2c(c1)OCO2)C1CCN(C(=O)CC(C)C)CC1. The summed E-state index contributed by atoms with van der Waals surface area (Å²) in [5, 5.41) is 5.96. The third kappa shape index (κ3) is 5.93. The minimum Gasteiger partial charge on any atom is -0.454 e. The van der Waals surface area contributed by atoms with Crippen LogP contribution in [0.2, 0.25) is 0 Å². The first kappa shape index (κ1) is 23.9. The number of nitrogens with one attached hydrogen (secondary N) is 2. The van der Waals surface area contributed by atoms with E-state index in [4.69, 9.17) is 9.47 Å². The largest absolute Gasteiger partial charge is 0.454 e. The summed E-state index contributed by atoms with van der Waals surface area (Å²) in [6, 6.07) is 4.35. The Kier molecular flexibility index (Phi) is 7.99. The van der Waals surface area contributed by atoms with Crippen molar-refractivity contribution in [3.05, 3.63) is 23.8 Å². The zero-order chi connectivity index (χ0) is 23.3. The second-order valence-corrected chi connectivity index (χ2v) is 9.15. The van der Waals surface area contributed by atoms with Crippen molar-refractivity contribution in [1.29, 1.82) is 0 Å². The van der Waals surface area contributed by atoms with Gasteiger partial charge >= 0.3 is 0 Å². The molecule has 0 spiro atoms. The number of carbonyl (C=O) groups is 3. The Hall–Kier alpha value is -2.77. The lowest BCUT2D eigenvalue weighted by atomic mass is 9.88. The van der Waals surface area contributed by atoms with Crippen molar-refractivity contribution in [2.45, 2.75) is 65.5 Å². The molecule has 0 saturated carbocycles. The van der Waals surface area contributed by atoms with Gasteiger partial charge in [-0.2, -0.15) is 0 Å². The fraction of sp³-hybridized carbons (Fsp3) is 0.625. The molecule has 2 unspecified atom stereocenters. The summed E-state index contributed by atoms with van der Waals surface area (Å²) < 4.78 is 10.7. The summed E-state index contributed by atoms with van der Waals surface area (Å²) in [5.41, 5.74) is 0.417. The highest BCUT2D eigenvalue weighted by atomic mass is 16.7. The van der Waals surface area contributed by atoms with Crippen LogP contribution < -0.4 is 20.1 Å². The van der Waals surface area contributed by atoms with E-state index in [0.29, 0.717) is 55.3 Å². The molecule has 1 aromatic carbocycles. The molecule has 1 saturated heterocycles. The Morgan fingerprint density at radius 2 is 1.75 bits per heavy atom. The molecule has 176 valence electrons. The maximum absolute atomic E-state index is 13.1. The van der Waals surface area contributed by atoms with Gasteiger partial charge in [-0.25, -0.2) is 0 Å². The molecule has 2 atom stereocenters. The topological polar surface area (TPSA) is 97.0 Å². The van der Waals surface area contributed by atoms with Crippen molar-refractivity contribution in [3.63, 3.8) is 0 Å². The minimum absolute atomic E-state index is 0.0140. The van der Waals surface area contributed by atoms with Gasteiger partial charge in [-0.1, -0.05) is 20.8 Å². The number of fused-ring (bicyclic) bond motifs is 1. The lowest BCUT2D eigenvalue weighted by Crippen LogP contribution is -2.55. The smallest absolute Gasteiger partial charge is 0.252 e. The van der Waals surface area contributed by atoms with Crippen LogP contribution in [-0.4, -0.2) is 54.6 Å². The van der Waals surface area contributed by atoms with E-state index in [-0.39, 0.29) is 36.5 Å². The predicted molar refractivity (Wildman–Crippen MR) is 120 cm³/mol. The maximum atomic E-state index is 13.1. The Labute approximate surface area is 190 Å². The van der Waals surface area contributed by atoms with Crippen molar-refractivity contribution in [2.24, 2.45) is 11.8 Å². The summed E-state index contributed by atoms with van der Waals surface area (Å²) in [5.74, 6) is 1.05. The summed E-state index contributed by atoms with van der Waals surface area (Å²) in [7, 11) is 0. The van der Waals surface area contributed by atoms with Gasteiger partial charge in [0.15, 0.2) is 11.5 Å². The van der Waals surface area contributed by atoms with Crippen LogP contribution in [0.15, 0.2) is 18.2 Å². The Morgan fingerprint density at radius 1 is 1.06 bits per heavy atom. The molecule has 0 radical (unpaired) electrons. The van der Waals surface area contributed by atoms with Crippen LogP contribution >= 0.6 is 0 Å². The van der Waals surface area contributed by atoms with Crippen molar-refractivity contribution in [2.75, 3.05) is 19.9 Å². The van der Waals surface area contributed by atoms with Gasteiger partial charge in [0.1, 0.15) is 6.04 Å². The van der Waals surface area contributed by atoms with E-state index >= 15 is 0 Å². The van der Waals surface area contributed by atoms with Crippen LogP contribution in [0, 0.1) is 11.8 Å². The van der Waals surface area contributed by atoms with E-state index in [2.05, 4.69) is 10.6 Å². The van der Waals surface area contributed by atoms with Crippen LogP contribution in [0.4, 0.5) is 0 Å². The number of ether oxygens (including phenoxy) is 2. The molecule has 8 nitrogen and oxygen atoms in total. The van der Waals surface area contributed by atoms with E-state index in [1.54, 1.807) is 18.2 Å². The molecule has 0 aromatic heterocycles. The molecule has 3 amide bonds. The molecule has 2 N–H and O–H groups in total. The summed E-state index contributed by atoms with van der Waals surface area (Å²) >= 11 is 0. The molecule has 3 rings (SSSR count). The van der Waals surface area contributed by atoms with Gasteiger partial charge in [-0.3, -0.25) is 14.4 Å². The van der Waals surface area contributed by atoms with Crippen LogP contribution in [0.25, 0.3) is 0 Å². The predicted octanol–water partition coefficient (Wildman–Crippen LogP) is 2.71. The Morgan fingerprint density at radius 3 is 2.41 bits per heavy atom. The lowest BCUT2D eigenvalue weighted by Gasteiger charge is -2.36. The molecule has 2 aliphatic rings. The van der Waals surface area contributed by atoms with Crippen molar-refractivity contribution in [1.82, 2.24) is 15.5 Å². The molecule has 0 bridgehead atoms. The number of nitrogens with zero attached hydrogens (tertiary/aromatic N) is 1. The third-order valence-corrected chi connectivity index (χ3v) is 6.15. The monoisotopic (exact) mass is 445 g/mol. The fourth-order valence-corrected chi connectivity index (χ4v) is 4.06. The van der Waals surface area contributed by atoms with E-state index in [0.717, 1.165) is 6.42 Å². The van der Waals surface area contributed by atoms with Crippen LogP contribution in [0.3, 0.4) is 0 Å². The zero-order valence-electron chi connectivity index (χ0n) is 19.5. The second-order valence-electron chi connectivity index (χ2n) is 9.15. The van der Waals surface area contributed by atoms with Crippen molar-refractivity contribution in [3.8, 4) is 11.5 Å². The highest BCUT2D eigenvalue weighted by molar-refractivity contribution is 5.98. The first-order valence-corrected chi connectivity index (χ1v) is 11.6. The normalized spacial score (nSPS) is 17.7. The number of carbonyl (C=O) groups excluding carboxylic acids is 3. The van der Waals surface area contributed by atoms with Crippen LogP contribution in [-0.2, 0) is 9.59 Å². The molecule has 2 aliphatic heterocycles. The number of benzene rings is 1. The summed E-state index contributed by atoms with van der Waals surface area (Å²) in [6.45, 7) is 9.35. The van der Waals surface area contributed by atoms with Crippen molar-refractivity contribution < 1.29 is 23.9 Å². The van der Waals surface area contributed by atoms with Gasteiger partial charge in [0.05, 0.1) is 0 Å². The minimum atomic E-state index is -0.663. The summed E-state index contributed by atoms with van der Waals surface area (Å²) in [4.78, 5) is 40.4. The van der Waals surface area contributed by atoms with E-state index in [1.165, 1.54) is 0 Å². The highest BCUT2D eigenvalue weighted by Crippen LogP contribution is 2.32. The van der Waals surface area contributed by atoms with Crippen molar-refractivity contribution >= 4 is 17.7 Å². The van der Waals surface area contributed by atoms with E-state index in [1.807, 2.05) is 32.6 Å². The number of piperidine rings is 1.